The number of hydrogen-bond donors (Lipinski definition) is 2. The van der Waals surface area contributed by atoms with Crippen LogP contribution < -0.4 is 4.74 Å². The quantitative estimate of drug-likeness (QED) is 0.625. The number of rotatable bonds is 8. The molecular weight excluding hydrogens is 383 g/mol. The number of likely N-dealkylation sites (tertiary alicyclic amines) is 1. The summed E-state index contributed by atoms with van der Waals surface area (Å²) in [5, 5.41) is 8.81. The lowest BCUT2D eigenvalue weighted by Crippen LogP contribution is -2.18. The van der Waals surface area contributed by atoms with E-state index >= 15 is 0 Å². The van der Waals surface area contributed by atoms with Gasteiger partial charge < -0.3 is 14.8 Å². The Bertz CT molecular complexity index is 820. The first kappa shape index (κ1) is 21.6. The van der Waals surface area contributed by atoms with Crippen molar-refractivity contribution in [2.45, 2.75) is 51.2 Å². The Hall–Kier alpha value is -2.06. The molecule has 2 aromatic rings. The summed E-state index contributed by atoms with van der Waals surface area (Å²) in [6.45, 7) is 3.07. The van der Waals surface area contributed by atoms with E-state index in [4.69, 9.17) is 9.84 Å². The molecule has 0 amide bonds. The number of aromatic amines is 1. The number of aromatic nitrogens is 2. The summed E-state index contributed by atoms with van der Waals surface area (Å²) in [7, 11) is 2.04. The van der Waals surface area contributed by atoms with E-state index < -0.39 is 11.7 Å². The Labute approximate surface area is 168 Å². The summed E-state index contributed by atoms with van der Waals surface area (Å²) in [5.74, 6) is 0.623. The first-order chi connectivity index (χ1) is 13.8. The van der Waals surface area contributed by atoms with Gasteiger partial charge in [0.15, 0.2) is 0 Å². The Morgan fingerprint density at radius 3 is 2.72 bits per heavy atom. The first-order valence-corrected chi connectivity index (χ1v) is 10.1. The van der Waals surface area contributed by atoms with Crippen molar-refractivity contribution in [3.05, 3.63) is 35.3 Å². The lowest BCUT2D eigenvalue weighted by molar-refractivity contribution is -0.138. The van der Waals surface area contributed by atoms with Gasteiger partial charge in [-0.3, -0.25) is 4.90 Å². The van der Waals surface area contributed by atoms with Crippen molar-refractivity contribution >= 4 is 0 Å². The van der Waals surface area contributed by atoms with Gasteiger partial charge in [0.1, 0.15) is 11.6 Å². The molecule has 1 aromatic heterocycles. The number of H-pyrrole nitrogens is 1. The van der Waals surface area contributed by atoms with Crippen molar-refractivity contribution in [2.24, 2.45) is 0 Å². The Balaban J connectivity index is 1.93. The van der Waals surface area contributed by atoms with E-state index in [9.17, 15) is 13.2 Å². The maximum atomic E-state index is 13.6. The highest BCUT2D eigenvalue weighted by atomic mass is 19.4. The number of unbranched alkanes of at least 4 members (excludes halogenated alkanes) is 1. The van der Waals surface area contributed by atoms with Gasteiger partial charge in [-0.25, -0.2) is 4.98 Å². The van der Waals surface area contributed by atoms with Gasteiger partial charge in [0.25, 0.3) is 0 Å². The largest absolute Gasteiger partial charge is 0.493 e. The number of nitrogens with one attached hydrogen (secondary N) is 1. The molecule has 2 heterocycles. The Morgan fingerprint density at radius 2 is 2.10 bits per heavy atom. The molecule has 1 fully saturated rings. The Morgan fingerprint density at radius 1 is 1.31 bits per heavy atom. The molecule has 160 valence electrons. The fraction of sp³-hybridized carbons (Fsp3) is 0.571. The van der Waals surface area contributed by atoms with Crippen molar-refractivity contribution in [1.29, 1.82) is 0 Å². The third kappa shape index (κ3) is 4.93. The van der Waals surface area contributed by atoms with Crippen LogP contribution in [0.3, 0.4) is 0 Å². The monoisotopic (exact) mass is 411 g/mol. The second-order valence-corrected chi connectivity index (χ2v) is 7.43. The van der Waals surface area contributed by atoms with Crippen molar-refractivity contribution in [2.75, 3.05) is 26.8 Å². The molecule has 1 saturated heterocycles. The molecule has 5 nitrogen and oxygen atoms in total. The zero-order valence-electron chi connectivity index (χ0n) is 16.9. The van der Waals surface area contributed by atoms with Crippen LogP contribution in [-0.4, -0.2) is 46.8 Å². The number of aliphatic hydroxyl groups is 1. The van der Waals surface area contributed by atoms with Gasteiger partial charge in [-0.05, 0) is 63.9 Å². The van der Waals surface area contributed by atoms with Crippen LogP contribution in [0.2, 0.25) is 0 Å². The number of benzene rings is 1. The molecule has 8 heteroatoms. The fourth-order valence-corrected chi connectivity index (χ4v) is 3.76. The van der Waals surface area contributed by atoms with E-state index in [0.717, 1.165) is 37.0 Å². The number of alkyl halides is 3. The normalized spacial score (nSPS) is 17.8. The first-order valence-electron chi connectivity index (χ1n) is 10.1. The second-order valence-electron chi connectivity index (χ2n) is 7.43. The van der Waals surface area contributed by atoms with Gasteiger partial charge in [0.05, 0.1) is 23.9 Å². The Kier molecular flexibility index (Phi) is 6.85. The van der Waals surface area contributed by atoms with Crippen LogP contribution in [-0.2, 0) is 12.6 Å². The van der Waals surface area contributed by atoms with Crippen LogP contribution >= 0.6 is 0 Å². The smallest absolute Gasteiger partial charge is 0.419 e. The van der Waals surface area contributed by atoms with Crippen LogP contribution in [0.15, 0.2) is 18.2 Å². The standard InChI is InChI=1S/C21H28F3N3O2/c1-3-16-19(26-20(25-16)17-7-6-10-27(17)2)14-8-9-18(29-12-5-4-11-28)15(13-14)21(22,23)24/h8-9,13,17,28H,3-7,10-12H2,1-2H3,(H,25,26). The van der Waals surface area contributed by atoms with Gasteiger partial charge in [-0.2, -0.15) is 13.2 Å². The van der Waals surface area contributed by atoms with Gasteiger partial charge in [0.2, 0.25) is 0 Å². The van der Waals surface area contributed by atoms with Crippen molar-refractivity contribution in [3.8, 4) is 17.0 Å². The topological polar surface area (TPSA) is 61.4 Å². The molecule has 0 aliphatic carbocycles. The fourth-order valence-electron chi connectivity index (χ4n) is 3.76. The van der Waals surface area contributed by atoms with Crippen molar-refractivity contribution in [3.63, 3.8) is 0 Å². The molecular formula is C21H28F3N3O2. The molecule has 0 radical (unpaired) electrons. The van der Waals surface area contributed by atoms with Gasteiger partial charge >= 0.3 is 6.18 Å². The third-order valence-corrected chi connectivity index (χ3v) is 5.36. The molecule has 2 N–H and O–H groups in total. The van der Waals surface area contributed by atoms with Crippen LogP contribution in [0.4, 0.5) is 13.2 Å². The molecule has 1 atom stereocenters. The van der Waals surface area contributed by atoms with E-state index in [1.807, 2.05) is 14.0 Å². The number of aliphatic hydroxyl groups excluding tert-OH is 1. The minimum Gasteiger partial charge on any atom is -0.493 e. The number of nitrogens with zero attached hydrogens (tertiary/aromatic N) is 2. The maximum Gasteiger partial charge on any atom is 0.419 e. The van der Waals surface area contributed by atoms with Crippen molar-refractivity contribution in [1.82, 2.24) is 14.9 Å². The van der Waals surface area contributed by atoms with Gasteiger partial charge in [-0.1, -0.05) is 6.92 Å². The maximum absolute atomic E-state index is 13.6. The predicted octanol–water partition coefficient (Wildman–Crippen LogP) is 4.58. The van der Waals surface area contributed by atoms with E-state index in [0.29, 0.717) is 30.5 Å². The highest BCUT2D eigenvalue weighted by molar-refractivity contribution is 5.65. The number of imidazole rings is 1. The van der Waals surface area contributed by atoms with E-state index in [1.165, 1.54) is 6.07 Å². The molecule has 1 aliphatic heterocycles. The molecule has 1 aromatic carbocycles. The van der Waals surface area contributed by atoms with E-state index in [2.05, 4.69) is 14.9 Å². The highest BCUT2D eigenvalue weighted by Crippen LogP contribution is 2.40. The SMILES string of the molecule is CCc1[nH]c(C2CCCN2C)nc1-c1ccc(OCCCCO)c(C(F)(F)F)c1. The number of halogens is 3. The number of hydrogen-bond acceptors (Lipinski definition) is 4. The van der Waals surface area contributed by atoms with Crippen molar-refractivity contribution < 1.29 is 23.0 Å². The molecule has 0 spiro atoms. The van der Waals surface area contributed by atoms with Gasteiger partial charge in [-0.15, -0.1) is 0 Å². The second kappa shape index (κ2) is 9.17. The zero-order valence-corrected chi connectivity index (χ0v) is 16.9. The average molecular weight is 411 g/mol. The highest BCUT2D eigenvalue weighted by Gasteiger charge is 2.35. The van der Waals surface area contributed by atoms with Crippen LogP contribution in [0, 0.1) is 0 Å². The molecule has 0 bridgehead atoms. The average Bonchev–Trinajstić information content (AvgIpc) is 3.30. The summed E-state index contributed by atoms with van der Waals surface area (Å²) >= 11 is 0. The molecule has 1 unspecified atom stereocenters. The minimum absolute atomic E-state index is 0.00804. The minimum atomic E-state index is -4.53. The van der Waals surface area contributed by atoms with E-state index in [-0.39, 0.29) is 25.0 Å². The predicted molar refractivity (Wildman–Crippen MR) is 105 cm³/mol. The number of aryl methyl sites for hydroxylation is 1. The zero-order chi connectivity index (χ0) is 21.0. The number of ether oxygens (including phenoxy) is 1. The lowest BCUT2D eigenvalue weighted by Gasteiger charge is -2.16. The lowest BCUT2D eigenvalue weighted by atomic mass is 10.0. The summed E-state index contributed by atoms with van der Waals surface area (Å²) in [6, 6.07) is 4.30. The summed E-state index contributed by atoms with van der Waals surface area (Å²) < 4.78 is 46.3. The molecule has 1 aliphatic rings. The summed E-state index contributed by atoms with van der Waals surface area (Å²) in [6.07, 6.45) is -0.822. The molecule has 0 saturated carbocycles. The molecule has 29 heavy (non-hydrogen) atoms. The van der Waals surface area contributed by atoms with Gasteiger partial charge in [0, 0.05) is 17.9 Å². The van der Waals surface area contributed by atoms with E-state index in [1.54, 1.807) is 6.07 Å². The summed E-state index contributed by atoms with van der Waals surface area (Å²) in [5.41, 5.74) is 1.04. The molecule has 3 rings (SSSR count). The van der Waals surface area contributed by atoms with Crippen LogP contribution in [0.5, 0.6) is 5.75 Å². The van der Waals surface area contributed by atoms with Crippen LogP contribution in [0.1, 0.15) is 55.7 Å². The third-order valence-electron chi connectivity index (χ3n) is 5.36. The van der Waals surface area contributed by atoms with Crippen LogP contribution in [0.25, 0.3) is 11.3 Å². The summed E-state index contributed by atoms with van der Waals surface area (Å²) in [4.78, 5) is 10.2.